The highest BCUT2D eigenvalue weighted by molar-refractivity contribution is 9.10. The summed E-state index contributed by atoms with van der Waals surface area (Å²) in [5, 5.41) is 0. The molecule has 0 fully saturated rings. The van der Waals surface area contributed by atoms with Gasteiger partial charge in [-0.25, -0.2) is 9.79 Å². The highest BCUT2D eigenvalue weighted by Crippen LogP contribution is 2.37. The number of fused-ring (bicyclic) bond motifs is 1. The van der Waals surface area contributed by atoms with Crippen molar-refractivity contribution in [3.05, 3.63) is 119 Å². The van der Waals surface area contributed by atoms with Crippen molar-refractivity contribution in [3.63, 3.8) is 0 Å². The van der Waals surface area contributed by atoms with Gasteiger partial charge in [-0.3, -0.25) is 9.36 Å². The van der Waals surface area contributed by atoms with Crippen LogP contribution in [0.15, 0.2) is 92.6 Å². The molecule has 1 aliphatic rings. The average Bonchev–Trinajstić information content (AvgIpc) is 3.27. The third-order valence-corrected chi connectivity index (χ3v) is 7.90. The zero-order valence-corrected chi connectivity index (χ0v) is 24.6. The van der Waals surface area contributed by atoms with E-state index in [-0.39, 0.29) is 12.2 Å². The molecule has 40 heavy (non-hydrogen) atoms. The van der Waals surface area contributed by atoms with Gasteiger partial charge in [0.15, 0.2) is 16.3 Å². The zero-order chi connectivity index (χ0) is 28.2. The molecule has 0 amide bonds. The van der Waals surface area contributed by atoms with Gasteiger partial charge in [-0.15, -0.1) is 0 Å². The Morgan fingerprint density at radius 3 is 2.60 bits per heavy atom. The second-order valence-corrected chi connectivity index (χ2v) is 10.9. The predicted octanol–water partition coefficient (Wildman–Crippen LogP) is 5.26. The molecular weight excluding hydrogens is 592 g/mol. The van der Waals surface area contributed by atoms with Gasteiger partial charge < -0.3 is 14.2 Å². The molecule has 1 atom stereocenters. The number of rotatable bonds is 8. The van der Waals surface area contributed by atoms with Crippen molar-refractivity contribution in [2.75, 3.05) is 13.7 Å². The first kappa shape index (κ1) is 27.6. The van der Waals surface area contributed by atoms with Crippen LogP contribution in [-0.4, -0.2) is 24.3 Å². The molecule has 0 saturated carbocycles. The molecule has 1 aliphatic heterocycles. The number of halogens is 1. The summed E-state index contributed by atoms with van der Waals surface area (Å²) >= 11 is 4.76. The van der Waals surface area contributed by atoms with Gasteiger partial charge in [-0.05, 0) is 60.9 Å². The Morgan fingerprint density at radius 1 is 1.07 bits per heavy atom. The Hall–Kier alpha value is -3.95. The summed E-state index contributed by atoms with van der Waals surface area (Å²) in [5.74, 6) is 0.573. The molecule has 5 rings (SSSR count). The molecule has 7 nitrogen and oxygen atoms in total. The van der Waals surface area contributed by atoms with Crippen LogP contribution in [0.1, 0.15) is 36.6 Å². The van der Waals surface area contributed by atoms with Gasteiger partial charge in [-0.1, -0.05) is 75.8 Å². The first-order valence-corrected chi connectivity index (χ1v) is 14.3. The normalized spacial score (nSPS) is 14.9. The maximum atomic E-state index is 13.5. The van der Waals surface area contributed by atoms with E-state index in [0.717, 1.165) is 21.2 Å². The monoisotopic (exact) mass is 618 g/mol. The molecule has 9 heteroatoms. The molecule has 0 saturated heterocycles. The summed E-state index contributed by atoms with van der Waals surface area (Å²) < 4.78 is 20.0. The molecule has 1 aromatic heterocycles. The fourth-order valence-electron chi connectivity index (χ4n) is 4.52. The summed E-state index contributed by atoms with van der Waals surface area (Å²) in [6.45, 7) is 4.09. The summed E-state index contributed by atoms with van der Waals surface area (Å²) in [7, 11) is 1.57. The van der Waals surface area contributed by atoms with Crippen molar-refractivity contribution < 1.29 is 19.0 Å². The Kier molecular flexibility index (Phi) is 8.32. The molecule has 0 aliphatic carbocycles. The zero-order valence-electron chi connectivity index (χ0n) is 22.2. The maximum Gasteiger partial charge on any atom is 0.338 e. The summed E-state index contributed by atoms with van der Waals surface area (Å²) in [6.07, 6.45) is 1.83. The van der Waals surface area contributed by atoms with Gasteiger partial charge in [0.25, 0.3) is 5.56 Å². The van der Waals surface area contributed by atoms with E-state index in [0.29, 0.717) is 38.7 Å². The lowest BCUT2D eigenvalue weighted by atomic mass is 9.96. The molecule has 0 unspecified atom stereocenters. The summed E-state index contributed by atoms with van der Waals surface area (Å²) in [5.41, 5.74) is 3.20. The number of hydrogen-bond donors (Lipinski definition) is 0. The quantitative estimate of drug-likeness (QED) is 0.252. The van der Waals surface area contributed by atoms with E-state index < -0.39 is 12.0 Å². The lowest BCUT2D eigenvalue weighted by molar-refractivity contribution is -0.138. The Labute approximate surface area is 243 Å². The van der Waals surface area contributed by atoms with Crippen LogP contribution in [0.2, 0.25) is 0 Å². The van der Waals surface area contributed by atoms with Crippen LogP contribution < -0.4 is 24.4 Å². The van der Waals surface area contributed by atoms with Crippen LogP contribution in [0, 0.1) is 0 Å². The maximum absolute atomic E-state index is 13.5. The minimum atomic E-state index is -0.687. The standard InChI is InChI=1S/C31H27BrN2O5S/c1-4-38-30(36)27-19(2)34-29(35)26(16-21-11-8-12-23(32)15-21)40-31(34)33-28(27)22-13-14-24(25(17-22)37-3)39-18-20-9-6-5-7-10-20/h5-17,28H,4,18H2,1-3H3/b26-16-/t28-/m1/s1. The molecular formula is C31H27BrN2O5S. The second kappa shape index (κ2) is 12.1. The van der Waals surface area contributed by atoms with Crippen LogP contribution in [0.3, 0.4) is 0 Å². The number of aromatic nitrogens is 1. The molecule has 0 bridgehead atoms. The number of benzene rings is 3. The number of methoxy groups -OCH3 is 1. The van der Waals surface area contributed by atoms with Gasteiger partial charge in [0.1, 0.15) is 12.6 Å². The lowest BCUT2D eigenvalue weighted by Gasteiger charge is -2.23. The van der Waals surface area contributed by atoms with E-state index in [9.17, 15) is 9.59 Å². The second-order valence-electron chi connectivity index (χ2n) is 9.02. The number of hydrogen-bond acceptors (Lipinski definition) is 7. The summed E-state index contributed by atoms with van der Waals surface area (Å²) in [4.78, 5) is 32.1. The van der Waals surface area contributed by atoms with Crippen LogP contribution >= 0.6 is 27.3 Å². The number of ether oxygens (including phenoxy) is 3. The van der Waals surface area contributed by atoms with E-state index in [1.54, 1.807) is 21.0 Å². The number of allylic oxidation sites excluding steroid dienone is 1. The number of thiazole rings is 1. The summed E-state index contributed by atoms with van der Waals surface area (Å²) in [6, 6.07) is 22.4. The van der Waals surface area contributed by atoms with Crippen LogP contribution in [0.4, 0.5) is 0 Å². The number of carbonyl (C=O) groups excluding carboxylic acids is 1. The molecule has 0 N–H and O–H groups in total. The Balaban J connectivity index is 1.59. The minimum absolute atomic E-state index is 0.200. The number of esters is 1. The lowest BCUT2D eigenvalue weighted by Crippen LogP contribution is -2.35. The highest BCUT2D eigenvalue weighted by Gasteiger charge is 2.32. The minimum Gasteiger partial charge on any atom is -0.493 e. The Morgan fingerprint density at radius 2 is 1.88 bits per heavy atom. The Bertz CT molecular complexity index is 1780. The van der Waals surface area contributed by atoms with E-state index in [1.165, 1.54) is 15.9 Å². The van der Waals surface area contributed by atoms with Gasteiger partial charge in [-0.2, -0.15) is 0 Å². The SMILES string of the molecule is CCOC(=O)C1=C(C)n2c(s/c(=C\c3cccc(Br)c3)c2=O)=N[C@@H]1c1ccc(OCc2ccccc2)c(OC)c1. The van der Waals surface area contributed by atoms with Crippen molar-refractivity contribution in [1.29, 1.82) is 0 Å². The largest absolute Gasteiger partial charge is 0.493 e. The van der Waals surface area contributed by atoms with Crippen LogP contribution in [0.25, 0.3) is 11.8 Å². The molecule has 3 aromatic carbocycles. The number of carbonyl (C=O) groups is 1. The predicted molar refractivity (Wildman–Crippen MR) is 159 cm³/mol. The van der Waals surface area contributed by atoms with Crippen LogP contribution in [-0.2, 0) is 16.1 Å². The topological polar surface area (TPSA) is 79.1 Å². The third kappa shape index (κ3) is 5.66. The molecule has 204 valence electrons. The molecule has 0 spiro atoms. The van der Waals surface area contributed by atoms with Crippen molar-refractivity contribution in [2.24, 2.45) is 4.99 Å². The average molecular weight is 620 g/mol. The third-order valence-electron chi connectivity index (χ3n) is 6.43. The van der Waals surface area contributed by atoms with Gasteiger partial charge in [0.05, 0.1) is 23.8 Å². The fraction of sp³-hybridized carbons (Fsp3) is 0.194. The van der Waals surface area contributed by atoms with Crippen molar-refractivity contribution in [3.8, 4) is 11.5 Å². The van der Waals surface area contributed by atoms with E-state index in [2.05, 4.69) is 15.9 Å². The molecule has 4 aromatic rings. The first-order valence-electron chi connectivity index (χ1n) is 12.7. The highest BCUT2D eigenvalue weighted by atomic mass is 79.9. The fourth-order valence-corrected chi connectivity index (χ4v) is 5.97. The van der Waals surface area contributed by atoms with E-state index in [4.69, 9.17) is 19.2 Å². The van der Waals surface area contributed by atoms with Crippen molar-refractivity contribution in [2.45, 2.75) is 26.5 Å². The van der Waals surface area contributed by atoms with E-state index in [1.807, 2.05) is 78.9 Å². The van der Waals surface area contributed by atoms with Gasteiger partial charge in [0, 0.05) is 10.2 Å². The van der Waals surface area contributed by atoms with Gasteiger partial charge >= 0.3 is 5.97 Å². The number of nitrogens with zero attached hydrogens (tertiary/aromatic N) is 2. The van der Waals surface area contributed by atoms with E-state index >= 15 is 0 Å². The van der Waals surface area contributed by atoms with Crippen molar-refractivity contribution >= 4 is 45.0 Å². The molecule has 2 heterocycles. The molecule has 0 radical (unpaired) electrons. The smallest absolute Gasteiger partial charge is 0.338 e. The van der Waals surface area contributed by atoms with Crippen LogP contribution in [0.5, 0.6) is 11.5 Å². The first-order chi connectivity index (χ1) is 19.4. The van der Waals surface area contributed by atoms with Crippen molar-refractivity contribution in [1.82, 2.24) is 4.57 Å². The van der Waals surface area contributed by atoms with Gasteiger partial charge in [0.2, 0.25) is 0 Å².